The number of benzene rings is 1. The Morgan fingerprint density at radius 1 is 1.17 bits per heavy atom. The molecule has 1 amide bonds. The second kappa shape index (κ2) is 13.0. The van der Waals surface area contributed by atoms with Gasteiger partial charge < -0.3 is 16.4 Å². The fourth-order valence-electron chi connectivity index (χ4n) is 1.98. The van der Waals surface area contributed by atoms with Gasteiger partial charge >= 0.3 is 0 Å². The molecule has 6 heteroatoms. The number of amides is 1. The van der Waals surface area contributed by atoms with Crippen LogP contribution in [-0.4, -0.2) is 18.4 Å². The van der Waals surface area contributed by atoms with Crippen LogP contribution < -0.4 is 16.4 Å². The molecule has 0 spiro atoms. The predicted octanol–water partition coefficient (Wildman–Crippen LogP) is 3.88. The summed E-state index contributed by atoms with van der Waals surface area (Å²) in [6.07, 6.45) is 4.84. The topological polar surface area (TPSA) is 79.5 Å². The van der Waals surface area contributed by atoms with Crippen molar-refractivity contribution in [1.82, 2.24) is 5.32 Å². The molecule has 1 aromatic rings. The van der Waals surface area contributed by atoms with E-state index in [1.54, 1.807) is 0 Å². The Bertz CT molecular complexity index is 500. The Morgan fingerprint density at radius 3 is 2.42 bits per heavy atom. The molecular weight excluding hydrogens is 415 g/mol. The highest BCUT2D eigenvalue weighted by atomic mass is 127. The predicted molar refractivity (Wildman–Crippen MR) is 113 cm³/mol. The molecule has 5 nitrogen and oxygen atoms in total. The highest BCUT2D eigenvalue weighted by molar-refractivity contribution is 14.0. The van der Waals surface area contributed by atoms with E-state index in [1.165, 1.54) is 19.3 Å². The second-order valence-corrected chi connectivity index (χ2v) is 6.03. The third kappa shape index (κ3) is 9.75. The number of hydrogen-bond donors (Lipinski definition) is 3. The van der Waals surface area contributed by atoms with Crippen molar-refractivity contribution in [2.45, 2.75) is 53.0 Å². The lowest BCUT2D eigenvalue weighted by molar-refractivity contribution is -0.118. The summed E-state index contributed by atoms with van der Waals surface area (Å²) < 4.78 is 0. The maximum absolute atomic E-state index is 11.6. The van der Waals surface area contributed by atoms with Gasteiger partial charge in [0.25, 0.3) is 0 Å². The number of carbonyl (C=O) groups is 1. The molecule has 0 aliphatic heterocycles. The molecule has 136 valence electrons. The number of halogens is 1. The zero-order chi connectivity index (χ0) is 17.1. The van der Waals surface area contributed by atoms with Gasteiger partial charge in [0.15, 0.2) is 5.96 Å². The molecule has 0 aromatic heterocycles. The molecule has 0 bridgehead atoms. The lowest BCUT2D eigenvalue weighted by atomic mass is 10.2. The maximum Gasteiger partial charge on any atom is 0.226 e. The van der Waals surface area contributed by atoms with Crippen molar-refractivity contribution in [3.63, 3.8) is 0 Å². The van der Waals surface area contributed by atoms with Gasteiger partial charge in [-0.25, -0.2) is 4.99 Å². The summed E-state index contributed by atoms with van der Waals surface area (Å²) in [5, 5.41) is 6.00. The molecule has 0 saturated heterocycles. The molecule has 0 heterocycles. The fraction of sp³-hybridized carbons (Fsp3) is 0.556. The number of anilines is 1. The molecule has 1 rings (SSSR count). The molecule has 0 atom stereocenters. The average molecular weight is 446 g/mol. The van der Waals surface area contributed by atoms with Gasteiger partial charge in [-0.05, 0) is 24.1 Å². The first-order valence-corrected chi connectivity index (χ1v) is 8.46. The van der Waals surface area contributed by atoms with Crippen molar-refractivity contribution in [2.24, 2.45) is 16.6 Å². The summed E-state index contributed by atoms with van der Waals surface area (Å²) in [4.78, 5) is 15.9. The van der Waals surface area contributed by atoms with E-state index in [0.717, 1.165) is 24.2 Å². The summed E-state index contributed by atoms with van der Waals surface area (Å²) >= 11 is 0. The zero-order valence-electron chi connectivity index (χ0n) is 15.0. The highest BCUT2D eigenvalue weighted by Crippen LogP contribution is 2.11. The summed E-state index contributed by atoms with van der Waals surface area (Å²) in [6, 6.07) is 7.68. The van der Waals surface area contributed by atoms with Gasteiger partial charge in [-0.3, -0.25) is 4.79 Å². The lowest BCUT2D eigenvalue weighted by Gasteiger charge is -2.08. The molecule has 0 aliphatic carbocycles. The minimum Gasteiger partial charge on any atom is -0.370 e. The molecule has 1 aromatic carbocycles. The number of unbranched alkanes of at least 4 members (excludes halogenated alkanes) is 3. The average Bonchev–Trinajstić information content (AvgIpc) is 2.54. The number of nitrogens with zero attached hydrogens (tertiary/aromatic N) is 1. The van der Waals surface area contributed by atoms with Gasteiger partial charge in [-0.15, -0.1) is 24.0 Å². The third-order valence-corrected chi connectivity index (χ3v) is 3.51. The van der Waals surface area contributed by atoms with Crippen molar-refractivity contribution in [3.8, 4) is 0 Å². The number of nitrogens with two attached hydrogens (primary N) is 1. The molecule has 0 radical (unpaired) electrons. The number of aliphatic imine (C=N–C) groups is 1. The zero-order valence-corrected chi connectivity index (χ0v) is 17.3. The van der Waals surface area contributed by atoms with Crippen molar-refractivity contribution >= 4 is 41.5 Å². The Morgan fingerprint density at radius 2 is 1.83 bits per heavy atom. The molecule has 0 fully saturated rings. The molecule has 0 aliphatic rings. The van der Waals surface area contributed by atoms with Crippen LogP contribution >= 0.6 is 24.0 Å². The summed E-state index contributed by atoms with van der Waals surface area (Å²) in [5.74, 6) is 0.480. The molecule has 0 saturated carbocycles. The van der Waals surface area contributed by atoms with Crippen LogP contribution in [0.4, 0.5) is 5.69 Å². The van der Waals surface area contributed by atoms with Crippen LogP contribution in [0, 0.1) is 5.92 Å². The van der Waals surface area contributed by atoms with Crippen LogP contribution in [0.1, 0.15) is 52.0 Å². The van der Waals surface area contributed by atoms with Gasteiger partial charge in [-0.1, -0.05) is 52.2 Å². The van der Waals surface area contributed by atoms with Crippen molar-refractivity contribution < 1.29 is 4.79 Å². The number of rotatable bonds is 9. The van der Waals surface area contributed by atoms with Gasteiger partial charge in [0.1, 0.15) is 0 Å². The molecule has 24 heavy (non-hydrogen) atoms. The smallest absolute Gasteiger partial charge is 0.226 e. The minimum atomic E-state index is -0.0255. The summed E-state index contributed by atoms with van der Waals surface area (Å²) in [5.41, 5.74) is 7.71. The van der Waals surface area contributed by atoms with Crippen LogP contribution in [0.5, 0.6) is 0 Å². The maximum atomic E-state index is 11.6. The first kappa shape index (κ1) is 22.7. The summed E-state index contributed by atoms with van der Waals surface area (Å²) in [6.45, 7) is 7.34. The largest absolute Gasteiger partial charge is 0.370 e. The highest BCUT2D eigenvalue weighted by Gasteiger charge is 2.06. The summed E-state index contributed by atoms with van der Waals surface area (Å²) in [7, 11) is 0. The Balaban J connectivity index is 0.00000529. The van der Waals surface area contributed by atoms with Crippen molar-refractivity contribution in [3.05, 3.63) is 29.8 Å². The van der Waals surface area contributed by atoms with E-state index >= 15 is 0 Å². The Kier molecular flexibility index (Phi) is 12.3. The first-order valence-electron chi connectivity index (χ1n) is 8.46. The molecular formula is C18H31IN4O. The fourth-order valence-corrected chi connectivity index (χ4v) is 1.98. The quantitative estimate of drug-likeness (QED) is 0.233. The van der Waals surface area contributed by atoms with E-state index in [2.05, 4.69) is 22.5 Å². The van der Waals surface area contributed by atoms with Crippen molar-refractivity contribution in [1.29, 1.82) is 0 Å². The van der Waals surface area contributed by atoms with E-state index in [-0.39, 0.29) is 35.8 Å². The van der Waals surface area contributed by atoms with Gasteiger partial charge in [0.05, 0.1) is 6.54 Å². The van der Waals surface area contributed by atoms with Crippen LogP contribution in [0.15, 0.2) is 29.3 Å². The number of carbonyl (C=O) groups excluding carboxylic acids is 1. The van der Waals surface area contributed by atoms with E-state index < -0.39 is 0 Å². The SMILES string of the molecule is CCCCCCNC(N)=NCc1ccc(NC(=O)C(C)C)cc1.I. The normalized spacial score (nSPS) is 11.1. The standard InChI is InChI=1S/C18H30N4O.HI/c1-4-5-6-7-12-20-18(19)21-13-15-8-10-16(11-9-15)22-17(23)14(2)3;/h8-11,14H,4-7,12-13H2,1-3H3,(H,22,23)(H3,19,20,21);1H. The van der Waals surface area contributed by atoms with Crippen LogP contribution in [0.3, 0.4) is 0 Å². The number of hydrogen-bond acceptors (Lipinski definition) is 2. The third-order valence-electron chi connectivity index (χ3n) is 3.51. The van der Waals surface area contributed by atoms with Crippen LogP contribution in [0.2, 0.25) is 0 Å². The Hall–Kier alpha value is -1.31. The van der Waals surface area contributed by atoms with Gasteiger partial charge in [-0.2, -0.15) is 0 Å². The van der Waals surface area contributed by atoms with Crippen LogP contribution in [-0.2, 0) is 11.3 Å². The minimum absolute atomic E-state index is 0. The number of nitrogens with one attached hydrogen (secondary N) is 2. The van der Waals surface area contributed by atoms with E-state index in [0.29, 0.717) is 12.5 Å². The van der Waals surface area contributed by atoms with Crippen LogP contribution in [0.25, 0.3) is 0 Å². The van der Waals surface area contributed by atoms with E-state index in [4.69, 9.17) is 5.73 Å². The molecule has 4 N–H and O–H groups in total. The van der Waals surface area contributed by atoms with Crippen molar-refractivity contribution in [2.75, 3.05) is 11.9 Å². The van der Waals surface area contributed by atoms with E-state index in [9.17, 15) is 4.79 Å². The van der Waals surface area contributed by atoms with E-state index in [1.807, 2.05) is 38.1 Å². The molecule has 0 unspecified atom stereocenters. The van der Waals surface area contributed by atoms with Gasteiger partial charge in [0, 0.05) is 18.2 Å². The monoisotopic (exact) mass is 446 g/mol. The lowest BCUT2D eigenvalue weighted by Crippen LogP contribution is -2.32. The Labute approximate surface area is 162 Å². The first-order chi connectivity index (χ1) is 11.0. The van der Waals surface area contributed by atoms with Gasteiger partial charge in [0.2, 0.25) is 5.91 Å². The number of guanidine groups is 1. The second-order valence-electron chi connectivity index (χ2n) is 6.03.